The third-order valence-electron chi connectivity index (χ3n) is 3.39. The molecule has 1 aliphatic heterocycles. The Labute approximate surface area is 108 Å². The summed E-state index contributed by atoms with van der Waals surface area (Å²) in [6.07, 6.45) is 6.61. The van der Waals surface area contributed by atoms with Gasteiger partial charge in [0, 0.05) is 37.1 Å². The lowest BCUT2D eigenvalue weighted by atomic mass is 10.0. The minimum absolute atomic E-state index is 0.131. The number of nitrogens with zero attached hydrogens (tertiary/aromatic N) is 2. The lowest BCUT2D eigenvalue weighted by Crippen LogP contribution is -2.45. The van der Waals surface area contributed by atoms with Crippen LogP contribution in [0.15, 0.2) is 24.5 Å². The van der Waals surface area contributed by atoms with Gasteiger partial charge in [0.05, 0.1) is 0 Å². The standard InChI is InChI=1S/C14H21N3O/c1-2-7-16-13-5-10-17(11-6-13)14(18)12-3-8-15-9-4-12/h3-4,8-9,13,16H,2,5-7,10-11H2,1H3. The first-order chi connectivity index (χ1) is 8.81. The van der Waals surface area contributed by atoms with Crippen molar-refractivity contribution in [2.24, 2.45) is 0 Å². The molecule has 2 rings (SSSR count). The maximum atomic E-state index is 12.2. The average molecular weight is 247 g/mol. The number of aromatic nitrogens is 1. The third kappa shape index (κ3) is 3.29. The van der Waals surface area contributed by atoms with Crippen LogP contribution < -0.4 is 5.32 Å². The van der Waals surface area contributed by atoms with E-state index in [1.807, 2.05) is 4.90 Å². The van der Waals surface area contributed by atoms with Gasteiger partial charge in [-0.05, 0) is 37.9 Å². The maximum Gasteiger partial charge on any atom is 0.253 e. The van der Waals surface area contributed by atoms with Gasteiger partial charge in [-0.15, -0.1) is 0 Å². The second-order valence-electron chi connectivity index (χ2n) is 4.76. The molecule has 1 aromatic heterocycles. The molecule has 0 aromatic carbocycles. The van der Waals surface area contributed by atoms with Crippen LogP contribution in [0, 0.1) is 0 Å². The van der Waals surface area contributed by atoms with Crippen molar-refractivity contribution in [3.63, 3.8) is 0 Å². The van der Waals surface area contributed by atoms with Gasteiger partial charge in [-0.3, -0.25) is 9.78 Å². The molecule has 0 bridgehead atoms. The Bertz CT molecular complexity index is 372. The minimum Gasteiger partial charge on any atom is -0.339 e. The Morgan fingerprint density at radius 3 is 2.67 bits per heavy atom. The van der Waals surface area contributed by atoms with Gasteiger partial charge in [0.25, 0.3) is 5.91 Å². The van der Waals surface area contributed by atoms with E-state index in [9.17, 15) is 4.79 Å². The zero-order valence-electron chi connectivity index (χ0n) is 10.9. The fourth-order valence-corrected chi connectivity index (χ4v) is 2.31. The number of carbonyl (C=O) groups is 1. The number of hydrogen-bond acceptors (Lipinski definition) is 3. The monoisotopic (exact) mass is 247 g/mol. The van der Waals surface area contributed by atoms with Crippen LogP contribution in [0.25, 0.3) is 0 Å². The van der Waals surface area contributed by atoms with Crippen LogP contribution in [0.4, 0.5) is 0 Å². The first-order valence-electron chi connectivity index (χ1n) is 6.74. The summed E-state index contributed by atoms with van der Waals surface area (Å²) < 4.78 is 0. The molecule has 2 heterocycles. The molecular formula is C14H21N3O. The Balaban J connectivity index is 1.84. The zero-order chi connectivity index (χ0) is 12.8. The molecule has 0 atom stereocenters. The van der Waals surface area contributed by atoms with Gasteiger partial charge in [-0.2, -0.15) is 0 Å². The molecule has 0 radical (unpaired) electrons. The maximum absolute atomic E-state index is 12.2. The number of pyridine rings is 1. The van der Waals surface area contributed by atoms with E-state index in [0.717, 1.165) is 44.5 Å². The normalized spacial score (nSPS) is 16.8. The molecule has 0 spiro atoms. The van der Waals surface area contributed by atoms with Crippen LogP contribution in [0.1, 0.15) is 36.5 Å². The van der Waals surface area contributed by atoms with Crippen molar-refractivity contribution in [2.75, 3.05) is 19.6 Å². The van der Waals surface area contributed by atoms with Crippen molar-refractivity contribution in [2.45, 2.75) is 32.2 Å². The second-order valence-corrected chi connectivity index (χ2v) is 4.76. The predicted octanol–water partition coefficient (Wildman–Crippen LogP) is 1.69. The minimum atomic E-state index is 0.131. The molecular weight excluding hydrogens is 226 g/mol. The van der Waals surface area contributed by atoms with Gasteiger partial charge in [-0.25, -0.2) is 0 Å². The molecule has 1 aliphatic rings. The van der Waals surface area contributed by atoms with E-state index in [-0.39, 0.29) is 5.91 Å². The van der Waals surface area contributed by atoms with E-state index in [2.05, 4.69) is 17.2 Å². The fourth-order valence-electron chi connectivity index (χ4n) is 2.31. The van der Waals surface area contributed by atoms with E-state index >= 15 is 0 Å². The van der Waals surface area contributed by atoms with Crippen LogP contribution in [-0.4, -0.2) is 41.5 Å². The summed E-state index contributed by atoms with van der Waals surface area (Å²) >= 11 is 0. The smallest absolute Gasteiger partial charge is 0.253 e. The molecule has 18 heavy (non-hydrogen) atoms. The van der Waals surface area contributed by atoms with Crippen molar-refractivity contribution in [3.05, 3.63) is 30.1 Å². The largest absolute Gasteiger partial charge is 0.339 e. The van der Waals surface area contributed by atoms with Crippen molar-refractivity contribution in [1.82, 2.24) is 15.2 Å². The molecule has 4 heteroatoms. The Kier molecular flexibility index (Phi) is 4.70. The predicted molar refractivity (Wildman–Crippen MR) is 71.5 cm³/mol. The molecule has 1 amide bonds. The first kappa shape index (κ1) is 13.0. The SMILES string of the molecule is CCCNC1CCN(C(=O)c2ccncc2)CC1. The highest BCUT2D eigenvalue weighted by Gasteiger charge is 2.22. The van der Waals surface area contributed by atoms with Crippen LogP contribution >= 0.6 is 0 Å². The van der Waals surface area contributed by atoms with Crippen LogP contribution in [0.3, 0.4) is 0 Å². The summed E-state index contributed by atoms with van der Waals surface area (Å²) in [5.74, 6) is 0.131. The number of nitrogens with one attached hydrogen (secondary N) is 1. The van der Waals surface area contributed by atoms with Crippen molar-refractivity contribution < 1.29 is 4.79 Å². The average Bonchev–Trinajstić information content (AvgIpc) is 2.46. The fraction of sp³-hybridized carbons (Fsp3) is 0.571. The summed E-state index contributed by atoms with van der Waals surface area (Å²) in [6, 6.07) is 4.14. The summed E-state index contributed by atoms with van der Waals surface area (Å²) in [7, 11) is 0. The quantitative estimate of drug-likeness (QED) is 0.880. The third-order valence-corrected chi connectivity index (χ3v) is 3.39. The lowest BCUT2D eigenvalue weighted by molar-refractivity contribution is 0.0705. The number of piperidine rings is 1. The van der Waals surface area contributed by atoms with Gasteiger partial charge in [-0.1, -0.05) is 6.92 Å². The molecule has 0 aliphatic carbocycles. The molecule has 1 fully saturated rings. The Morgan fingerprint density at radius 2 is 2.06 bits per heavy atom. The molecule has 4 nitrogen and oxygen atoms in total. The number of hydrogen-bond donors (Lipinski definition) is 1. The summed E-state index contributed by atoms with van der Waals surface area (Å²) in [5.41, 5.74) is 0.741. The van der Waals surface area contributed by atoms with Crippen molar-refractivity contribution >= 4 is 5.91 Å². The molecule has 0 saturated carbocycles. The number of amides is 1. The van der Waals surface area contributed by atoms with Gasteiger partial charge in [0.15, 0.2) is 0 Å². The highest BCUT2D eigenvalue weighted by atomic mass is 16.2. The van der Waals surface area contributed by atoms with Crippen molar-refractivity contribution in [1.29, 1.82) is 0 Å². The lowest BCUT2D eigenvalue weighted by Gasteiger charge is -2.32. The van der Waals surface area contributed by atoms with E-state index in [1.54, 1.807) is 24.5 Å². The van der Waals surface area contributed by atoms with Crippen LogP contribution in [0.5, 0.6) is 0 Å². The topological polar surface area (TPSA) is 45.2 Å². The Morgan fingerprint density at radius 1 is 1.39 bits per heavy atom. The van der Waals surface area contributed by atoms with E-state index in [0.29, 0.717) is 6.04 Å². The zero-order valence-corrected chi connectivity index (χ0v) is 10.9. The molecule has 0 unspecified atom stereocenters. The van der Waals surface area contributed by atoms with E-state index < -0.39 is 0 Å². The second kappa shape index (κ2) is 6.50. The summed E-state index contributed by atoms with van der Waals surface area (Å²) in [6.45, 7) is 4.95. The number of rotatable bonds is 4. The molecule has 1 saturated heterocycles. The first-order valence-corrected chi connectivity index (χ1v) is 6.74. The number of likely N-dealkylation sites (tertiary alicyclic amines) is 1. The molecule has 1 N–H and O–H groups in total. The highest BCUT2D eigenvalue weighted by molar-refractivity contribution is 5.94. The van der Waals surface area contributed by atoms with Gasteiger partial charge in [0.2, 0.25) is 0 Å². The van der Waals surface area contributed by atoms with Gasteiger partial charge in [0.1, 0.15) is 0 Å². The molecule has 1 aromatic rings. The van der Waals surface area contributed by atoms with Gasteiger partial charge >= 0.3 is 0 Å². The van der Waals surface area contributed by atoms with Crippen LogP contribution in [-0.2, 0) is 0 Å². The van der Waals surface area contributed by atoms with Gasteiger partial charge < -0.3 is 10.2 Å². The van der Waals surface area contributed by atoms with Crippen molar-refractivity contribution in [3.8, 4) is 0 Å². The highest BCUT2D eigenvalue weighted by Crippen LogP contribution is 2.13. The Hall–Kier alpha value is -1.42. The molecule has 98 valence electrons. The van der Waals surface area contributed by atoms with E-state index in [1.165, 1.54) is 0 Å². The summed E-state index contributed by atoms with van der Waals surface area (Å²) in [5, 5.41) is 3.52. The van der Waals surface area contributed by atoms with Crippen LogP contribution in [0.2, 0.25) is 0 Å². The van der Waals surface area contributed by atoms with E-state index in [4.69, 9.17) is 0 Å². The summed E-state index contributed by atoms with van der Waals surface area (Å²) in [4.78, 5) is 18.1. The number of carbonyl (C=O) groups excluding carboxylic acids is 1.